The van der Waals surface area contributed by atoms with E-state index in [9.17, 15) is 14.7 Å². The molecule has 2 aromatic carbocycles. The zero-order chi connectivity index (χ0) is 20.5. The number of methoxy groups -OCH3 is 1. The van der Waals surface area contributed by atoms with Crippen LogP contribution in [-0.2, 0) is 4.79 Å². The van der Waals surface area contributed by atoms with Crippen LogP contribution in [0.4, 0.5) is 0 Å². The number of aromatic hydroxyl groups is 1. The first-order valence-corrected chi connectivity index (χ1v) is 9.95. The Morgan fingerprint density at radius 2 is 1.89 bits per heavy atom. The Hall–Kier alpha value is -2.40. The Morgan fingerprint density at radius 1 is 1.11 bits per heavy atom. The highest BCUT2D eigenvalue weighted by Gasteiger charge is 2.13. The molecule has 0 aliphatic carbocycles. The van der Waals surface area contributed by atoms with Crippen molar-refractivity contribution in [2.24, 2.45) is 5.92 Å². The van der Waals surface area contributed by atoms with E-state index in [1.807, 2.05) is 7.05 Å². The number of rotatable bonds is 12. The summed E-state index contributed by atoms with van der Waals surface area (Å²) in [5.41, 5.74) is 0.509. The van der Waals surface area contributed by atoms with Gasteiger partial charge >= 0.3 is 0 Å². The van der Waals surface area contributed by atoms with Gasteiger partial charge in [-0.2, -0.15) is 0 Å². The normalized spacial score (nSPS) is 12.1. The molecule has 2 N–H and O–H groups in total. The second-order valence-corrected chi connectivity index (χ2v) is 7.49. The summed E-state index contributed by atoms with van der Waals surface area (Å²) in [4.78, 5) is 24.6. The van der Waals surface area contributed by atoms with Gasteiger partial charge in [0.05, 0.1) is 13.5 Å². The summed E-state index contributed by atoms with van der Waals surface area (Å²) >= 11 is 0. The number of phenols is 1. The maximum absolute atomic E-state index is 12.5. The van der Waals surface area contributed by atoms with Crippen molar-refractivity contribution in [3.63, 3.8) is 0 Å². The molecule has 0 aliphatic rings. The summed E-state index contributed by atoms with van der Waals surface area (Å²) in [5, 5.41) is 14.6. The molecule has 5 nitrogen and oxygen atoms in total. The van der Waals surface area contributed by atoms with E-state index in [2.05, 4.69) is 12.2 Å². The third kappa shape index (κ3) is 6.34. The average molecular weight is 386 g/mol. The van der Waals surface area contributed by atoms with Crippen LogP contribution in [0.25, 0.3) is 10.8 Å². The van der Waals surface area contributed by atoms with E-state index in [1.54, 1.807) is 30.3 Å². The number of carbonyl (C=O) groups excluding carboxylic acids is 2. The second kappa shape index (κ2) is 10.8. The number of fused-ring (bicyclic) bond motifs is 1. The molecular formula is C23H31NO4. The Labute approximate surface area is 167 Å². The van der Waals surface area contributed by atoms with Crippen LogP contribution in [0.5, 0.6) is 11.5 Å². The molecule has 0 heterocycles. The fourth-order valence-electron chi connectivity index (χ4n) is 3.41. The number of unbranched alkanes of at least 4 members (excludes halogenated alkanes) is 2. The SMILES string of the molecule is CNCC(C)CCCCCC(=O)CC(=O)c1ccc2cc(O)c(OC)cc2c1. The first-order valence-electron chi connectivity index (χ1n) is 9.95. The van der Waals surface area contributed by atoms with Crippen molar-refractivity contribution in [2.75, 3.05) is 20.7 Å². The minimum absolute atomic E-state index is 0.00310. The summed E-state index contributed by atoms with van der Waals surface area (Å²) in [6.45, 7) is 3.24. The lowest BCUT2D eigenvalue weighted by molar-refractivity contribution is -0.118. The summed E-state index contributed by atoms with van der Waals surface area (Å²) < 4.78 is 5.12. The van der Waals surface area contributed by atoms with Gasteiger partial charge in [0.2, 0.25) is 0 Å². The van der Waals surface area contributed by atoms with Crippen LogP contribution in [0.15, 0.2) is 30.3 Å². The zero-order valence-electron chi connectivity index (χ0n) is 17.1. The van der Waals surface area contributed by atoms with Gasteiger partial charge in [0.25, 0.3) is 0 Å². The van der Waals surface area contributed by atoms with Crippen LogP contribution in [0.3, 0.4) is 0 Å². The quantitative estimate of drug-likeness (QED) is 0.320. The lowest BCUT2D eigenvalue weighted by atomic mass is 9.98. The topological polar surface area (TPSA) is 75.6 Å². The minimum Gasteiger partial charge on any atom is -0.504 e. The van der Waals surface area contributed by atoms with Crippen molar-refractivity contribution in [1.29, 1.82) is 0 Å². The van der Waals surface area contributed by atoms with Gasteiger partial charge in [-0.25, -0.2) is 0 Å². The largest absolute Gasteiger partial charge is 0.504 e. The maximum Gasteiger partial charge on any atom is 0.170 e. The highest BCUT2D eigenvalue weighted by molar-refractivity contribution is 6.09. The first-order chi connectivity index (χ1) is 13.4. The number of ether oxygens (including phenoxy) is 1. The van der Waals surface area contributed by atoms with Crippen LogP contribution < -0.4 is 10.1 Å². The van der Waals surface area contributed by atoms with Crippen LogP contribution in [0.1, 0.15) is 55.8 Å². The number of carbonyl (C=O) groups is 2. The molecule has 0 spiro atoms. The summed E-state index contributed by atoms with van der Waals surface area (Å²) in [6, 6.07) is 8.52. The Bertz CT molecular complexity index is 816. The summed E-state index contributed by atoms with van der Waals surface area (Å²) in [6.07, 6.45) is 4.53. The molecular weight excluding hydrogens is 354 g/mol. The molecule has 2 aromatic rings. The van der Waals surface area contributed by atoms with Crippen molar-refractivity contribution in [3.05, 3.63) is 35.9 Å². The third-order valence-corrected chi connectivity index (χ3v) is 5.02. The molecule has 1 unspecified atom stereocenters. The van der Waals surface area contributed by atoms with Crippen molar-refractivity contribution < 1.29 is 19.4 Å². The summed E-state index contributed by atoms with van der Waals surface area (Å²) in [5.74, 6) is 0.899. The highest BCUT2D eigenvalue weighted by atomic mass is 16.5. The van der Waals surface area contributed by atoms with Gasteiger partial charge in [-0.15, -0.1) is 0 Å². The van der Waals surface area contributed by atoms with Crippen molar-refractivity contribution >= 4 is 22.3 Å². The molecule has 152 valence electrons. The van der Waals surface area contributed by atoms with Gasteiger partial charge in [0, 0.05) is 12.0 Å². The average Bonchev–Trinajstić information content (AvgIpc) is 2.66. The van der Waals surface area contributed by atoms with Gasteiger partial charge < -0.3 is 15.2 Å². The van der Waals surface area contributed by atoms with Crippen LogP contribution >= 0.6 is 0 Å². The fraction of sp³-hybridized carbons (Fsp3) is 0.478. The number of hydrogen-bond donors (Lipinski definition) is 2. The molecule has 0 aliphatic heterocycles. The molecule has 5 heteroatoms. The van der Waals surface area contributed by atoms with Gasteiger partial charge in [0.1, 0.15) is 5.78 Å². The molecule has 0 amide bonds. The van der Waals surface area contributed by atoms with Crippen molar-refractivity contribution in [2.45, 2.75) is 45.4 Å². The van der Waals surface area contributed by atoms with Crippen LogP contribution in [-0.4, -0.2) is 37.4 Å². The lowest BCUT2D eigenvalue weighted by Crippen LogP contribution is -2.15. The van der Waals surface area contributed by atoms with E-state index in [0.29, 0.717) is 23.7 Å². The number of nitrogens with one attached hydrogen (secondary N) is 1. The molecule has 1 atom stereocenters. The predicted molar refractivity (Wildman–Crippen MR) is 112 cm³/mol. The number of ketones is 2. The molecule has 0 saturated heterocycles. The molecule has 2 rings (SSSR count). The monoisotopic (exact) mass is 385 g/mol. The Balaban J connectivity index is 1.85. The molecule has 0 aromatic heterocycles. The number of phenolic OH excluding ortho intramolecular Hbond substituents is 1. The van der Waals surface area contributed by atoms with E-state index < -0.39 is 0 Å². The van der Waals surface area contributed by atoms with Gasteiger partial charge in [-0.3, -0.25) is 9.59 Å². The van der Waals surface area contributed by atoms with E-state index in [4.69, 9.17) is 4.74 Å². The smallest absolute Gasteiger partial charge is 0.170 e. The van der Waals surface area contributed by atoms with E-state index in [-0.39, 0.29) is 23.7 Å². The lowest BCUT2D eigenvalue weighted by Gasteiger charge is -2.09. The Kier molecular flexibility index (Phi) is 8.45. The van der Waals surface area contributed by atoms with Crippen LogP contribution in [0.2, 0.25) is 0 Å². The Morgan fingerprint density at radius 3 is 2.61 bits per heavy atom. The molecule has 0 fully saturated rings. The zero-order valence-corrected chi connectivity index (χ0v) is 17.1. The minimum atomic E-state index is -0.165. The van der Waals surface area contributed by atoms with Gasteiger partial charge in [0.15, 0.2) is 17.3 Å². The van der Waals surface area contributed by atoms with Crippen molar-refractivity contribution in [1.82, 2.24) is 5.32 Å². The van der Waals surface area contributed by atoms with E-state index >= 15 is 0 Å². The standard InChI is InChI=1S/C23H31NO4/c1-16(15-24-2)7-5-4-6-8-20(25)14-21(26)18-10-9-17-12-22(27)23(28-3)13-19(17)11-18/h9-13,16,24,27H,4-8,14-15H2,1-3H3. The predicted octanol–water partition coefficient (Wildman–Crippen LogP) is 4.50. The number of Topliss-reactive ketones (excluding diaryl/α,β-unsaturated/α-hetero) is 2. The molecule has 28 heavy (non-hydrogen) atoms. The number of hydrogen-bond acceptors (Lipinski definition) is 5. The summed E-state index contributed by atoms with van der Waals surface area (Å²) in [7, 11) is 3.44. The number of benzene rings is 2. The van der Waals surface area contributed by atoms with E-state index in [0.717, 1.165) is 43.0 Å². The molecule has 0 radical (unpaired) electrons. The van der Waals surface area contributed by atoms with Crippen molar-refractivity contribution in [3.8, 4) is 11.5 Å². The fourth-order valence-corrected chi connectivity index (χ4v) is 3.41. The van der Waals surface area contributed by atoms with Gasteiger partial charge in [-0.1, -0.05) is 31.9 Å². The third-order valence-electron chi connectivity index (χ3n) is 5.02. The first kappa shape index (κ1) is 21.9. The van der Waals surface area contributed by atoms with E-state index in [1.165, 1.54) is 7.11 Å². The van der Waals surface area contributed by atoms with Gasteiger partial charge in [-0.05, 0) is 61.3 Å². The maximum atomic E-state index is 12.5. The second-order valence-electron chi connectivity index (χ2n) is 7.49. The molecule has 0 saturated carbocycles. The van der Waals surface area contributed by atoms with Crippen LogP contribution in [0, 0.1) is 5.92 Å². The highest BCUT2D eigenvalue weighted by Crippen LogP contribution is 2.31. The molecule has 0 bridgehead atoms.